The minimum absolute atomic E-state index is 0.102. The lowest BCUT2D eigenvalue weighted by atomic mass is 9.96. The van der Waals surface area contributed by atoms with Gasteiger partial charge < -0.3 is 9.47 Å². The van der Waals surface area contributed by atoms with E-state index >= 15 is 0 Å². The third-order valence-corrected chi connectivity index (χ3v) is 7.22. The first-order valence-electron chi connectivity index (χ1n) is 10.5. The summed E-state index contributed by atoms with van der Waals surface area (Å²) in [6.07, 6.45) is -2.67. The Morgan fingerprint density at radius 1 is 1.06 bits per heavy atom. The fraction of sp³-hybridized carbons (Fsp3) is 0.333. The second kappa shape index (κ2) is 7.69. The highest BCUT2D eigenvalue weighted by atomic mass is 32.2. The van der Waals surface area contributed by atoms with Gasteiger partial charge in [0.2, 0.25) is 0 Å². The summed E-state index contributed by atoms with van der Waals surface area (Å²) in [7, 11) is 0. The molecule has 2 aromatic heterocycles. The van der Waals surface area contributed by atoms with E-state index in [1.807, 2.05) is 38.1 Å². The molecule has 166 valence electrons. The number of aliphatic imine (C=N–C) groups is 1. The molecule has 3 atom stereocenters. The number of nitrogens with zero attached hydrogens (tertiary/aromatic N) is 4. The molecular weight excluding hydrogens is 433 g/mol. The highest BCUT2D eigenvalue weighted by Crippen LogP contribution is 2.49. The Morgan fingerprint density at radius 2 is 1.81 bits per heavy atom. The van der Waals surface area contributed by atoms with Crippen molar-refractivity contribution < 1.29 is 13.2 Å². The van der Waals surface area contributed by atoms with Gasteiger partial charge in [0.25, 0.3) is 0 Å². The summed E-state index contributed by atoms with van der Waals surface area (Å²) in [6, 6.07) is 13.3. The van der Waals surface area contributed by atoms with E-state index in [9.17, 15) is 13.2 Å². The summed E-state index contributed by atoms with van der Waals surface area (Å²) in [5.41, 5.74) is 2.94. The summed E-state index contributed by atoms with van der Waals surface area (Å²) < 4.78 is 43.0. The number of fused-ring (bicyclic) bond motifs is 1. The number of aryl methyl sites for hydroxylation is 1. The van der Waals surface area contributed by atoms with Crippen molar-refractivity contribution in [3.8, 4) is 5.69 Å². The van der Waals surface area contributed by atoms with Crippen molar-refractivity contribution >= 4 is 16.9 Å². The molecule has 0 radical (unpaired) electrons. The van der Waals surface area contributed by atoms with Crippen molar-refractivity contribution in [2.24, 2.45) is 4.99 Å². The van der Waals surface area contributed by atoms with Crippen LogP contribution in [-0.4, -0.2) is 31.4 Å². The van der Waals surface area contributed by atoms with E-state index in [-0.39, 0.29) is 17.8 Å². The molecule has 0 unspecified atom stereocenters. The molecule has 32 heavy (non-hydrogen) atoms. The van der Waals surface area contributed by atoms with E-state index in [1.165, 1.54) is 12.1 Å². The number of thioether (sulfide) groups is 1. The summed E-state index contributed by atoms with van der Waals surface area (Å²) in [5.74, 6) is 0. The third-order valence-electron chi connectivity index (χ3n) is 6.12. The number of hydrogen-bond acceptors (Lipinski definition) is 4. The van der Waals surface area contributed by atoms with E-state index in [0.717, 1.165) is 40.4 Å². The molecular formula is C24H23F3N4S. The topological polar surface area (TPSA) is 33.4 Å². The second-order valence-corrected chi connectivity index (χ2v) is 9.72. The first-order chi connectivity index (χ1) is 15.3. The molecule has 4 heterocycles. The standard InChI is InChI=1S/C24H23F3N4S/c1-14-12-17(16(3)31(14)20-10-5-4-8-18(20)24(25,26)27)22-21(19-9-6-7-11-28-19)29-23-30(22)13-15(2)32-23/h4-12,15,21-22H,13H2,1-3H3/t15-,21+,22-/m1/s1. The second-order valence-electron chi connectivity index (χ2n) is 8.31. The van der Waals surface area contributed by atoms with Crippen LogP contribution in [0.25, 0.3) is 5.69 Å². The average molecular weight is 457 g/mol. The zero-order valence-electron chi connectivity index (χ0n) is 18.0. The first-order valence-corrected chi connectivity index (χ1v) is 11.4. The van der Waals surface area contributed by atoms with Gasteiger partial charge in [0.1, 0.15) is 6.04 Å². The fourth-order valence-electron chi connectivity index (χ4n) is 4.82. The van der Waals surface area contributed by atoms with E-state index in [1.54, 1.807) is 28.6 Å². The van der Waals surface area contributed by atoms with E-state index in [4.69, 9.17) is 4.99 Å². The lowest BCUT2D eigenvalue weighted by Crippen LogP contribution is -2.29. The number of pyridine rings is 1. The van der Waals surface area contributed by atoms with Crippen molar-refractivity contribution in [3.05, 3.63) is 82.9 Å². The van der Waals surface area contributed by atoms with Crippen molar-refractivity contribution in [2.45, 2.75) is 44.3 Å². The maximum atomic E-state index is 13.8. The lowest BCUT2D eigenvalue weighted by molar-refractivity contribution is -0.137. The molecule has 1 aromatic carbocycles. The van der Waals surface area contributed by atoms with Crippen LogP contribution in [0.15, 0.2) is 59.7 Å². The van der Waals surface area contributed by atoms with Crippen LogP contribution in [0.5, 0.6) is 0 Å². The average Bonchev–Trinajstić information content (AvgIpc) is 3.37. The highest BCUT2D eigenvalue weighted by molar-refractivity contribution is 8.14. The minimum atomic E-state index is -4.43. The van der Waals surface area contributed by atoms with Crippen LogP contribution in [0, 0.1) is 13.8 Å². The first kappa shape index (κ1) is 21.1. The number of halogens is 3. The number of alkyl halides is 3. The van der Waals surface area contributed by atoms with Crippen LogP contribution in [-0.2, 0) is 6.18 Å². The van der Waals surface area contributed by atoms with Gasteiger partial charge >= 0.3 is 6.18 Å². The molecule has 3 aromatic rings. The Labute approximate surface area is 189 Å². The predicted octanol–water partition coefficient (Wildman–Crippen LogP) is 6.10. The molecule has 5 rings (SSSR count). The van der Waals surface area contributed by atoms with Crippen LogP contribution in [0.1, 0.15) is 47.2 Å². The number of para-hydroxylation sites is 1. The molecule has 8 heteroatoms. The molecule has 1 saturated heterocycles. The Kier molecular flexibility index (Phi) is 5.08. The number of aromatic nitrogens is 2. The largest absolute Gasteiger partial charge is 0.418 e. The fourth-order valence-corrected chi connectivity index (χ4v) is 5.91. The number of amidine groups is 1. The van der Waals surface area contributed by atoms with Gasteiger partial charge in [-0.05, 0) is 49.7 Å². The van der Waals surface area contributed by atoms with Crippen LogP contribution >= 0.6 is 11.8 Å². The normalized spacial score (nSPS) is 22.9. The van der Waals surface area contributed by atoms with Gasteiger partial charge in [-0.2, -0.15) is 13.2 Å². The molecule has 0 N–H and O–H groups in total. The summed E-state index contributed by atoms with van der Waals surface area (Å²) >= 11 is 1.74. The summed E-state index contributed by atoms with van der Waals surface area (Å²) in [4.78, 5) is 11.8. The molecule has 0 spiro atoms. The smallest absolute Gasteiger partial charge is 0.341 e. The monoisotopic (exact) mass is 456 g/mol. The quantitative estimate of drug-likeness (QED) is 0.478. The van der Waals surface area contributed by atoms with E-state index < -0.39 is 11.7 Å². The van der Waals surface area contributed by atoms with Gasteiger partial charge in [-0.25, -0.2) is 0 Å². The molecule has 2 aliphatic heterocycles. The molecule has 0 aliphatic carbocycles. The lowest BCUT2D eigenvalue weighted by Gasteiger charge is -2.27. The number of rotatable bonds is 3. The van der Waals surface area contributed by atoms with Gasteiger partial charge in [0, 0.05) is 29.4 Å². The van der Waals surface area contributed by atoms with Crippen LogP contribution in [0.4, 0.5) is 13.2 Å². The van der Waals surface area contributed by atoms with Crippen LogP contribution < -0.4 is 0 Å². The predicted molar refractivity (Wildman–Crippen MR) is 121 cm³/mol. The van der Waals surface area contributed by atoms with Crippen molar-refractivity contribution in [1.82, 2.24) is 14.5 Å². The molecule has 4 nitrogen and oxygen atoms in total. The zero-order valence-corrected chi connectivity index (χ0v) is 18.8. The minimum Gasteiger partial charge on any atom is -0.341 e. The van der Waals surface area contributed by atoms with Crippen molar-refractivity contribution in [3.63, 3.8) is 0 Å². The Hall–Kier alpha value is -2.74. The van der Waals surface area contributed by atoms with Gasteiger partial charge in [-0.3, -0.25) is 9.98 Å². The van der Waals surface area contributed by atoms with Crippen LogP contribution in [0.3, 0.4) is 0 Å². The van der Waals surface area contributed by atoms with E-state index in [2.05, 4.69) is 16.8 Å². The molecule has 0 saturated carbocycles. The number of benzene rings is 1. The molecule has 2 aliphatic rings. The summed E-state index contributed by atoms with van der Waals surface area (Å²) in [5, 5.41) is 1.40. The van der Waals surface area contributed by atoms with Gasteiger partial charge in [0.05, 0.1) is 23.0 Å². The number of hydrogen-bond donors (Lipinski definition) is 0. The molecule has 1 fully saturated rings. The zero-order chi connectivity index (χ0) is 22.6. The maximum Gasteiger partial charge on any atom is 0.418 e. The van der Waals surface area contributed by atoms with Crippen LogP contribution in [0.2, 0.25) is 0 Å². The highest BCUT2D eigenvalue weighted by Gasteiger charge is 2.45. The Balaban J connectivity index is 1.65. The van der Waals surface area contributed by atoms with E-state index in [0.29, 0.717) is 5.25 Å². The third kappa shape index (κ3) is 3.41. The summed E-state index contributed by atoms with van der Waals surface area (Å²) in [6.45, 7) is 6.77. The molecule has 0 amide bonds. The van der Waals surface area contributed by atoms with Gasteiger partial charge in [-0.15, -0.1) is 0 Å². The maximum absolute atomic E-state index is 13.8. The van der Waals surface area contributed by atoms with Crippen molar-refractivity contribution in [2.75, 3.05) is 6.54 Å². The van der Waals surface area contributed by atoms with Gasteiger partial charge in [0.15, 0.2) is 5.17 Å². The Bertz CT molecular complexity index is 1190. The Morgan fingerprint density at radius 3 is 2.53 bits per heavy atom. The molecule has 0 bridgehead atoms. The SMILES string of the molecule is Cc1cc([C@@H]2[C@H](c3ccccn3)N=C3S[C@H](C)CN32)c(C)n1-c1ccccc1C(F)(F)F. The van der Waals surface area contributed by atoms with Gasteiger partial charge in [-0.1, -0.05) is 36.9 Å². The van der Waals surface area contributed by atoms with Crippen molar-refractivity contribution in [1.29, 1.82) is 0 Å².